The molecule has 0 saturated heterocycles. The molecule has 0 aliphatic rings. The van der Waals surface area contributed by atoms with Crippen molar-refractivity contribution in [2.45, 2.75) is 40.4 Å². The van der Waals surface area contributed by atoms with Gasteiger partial charge in [-0.1, -0.05) is 38.1 Å². The van der Waals surface area contributed by atoms with Gasteiger partial charge in [0.15, 0.2) is 0 Å². The Hall–Kier alpha value is -2.00. The van der Waals surface area contributed by atoms with Crippen LogP contribution in [0.5, 0.6) is 11.5 Å². The lowest BCUT2D eigenvalue weighted by Gasteiger charge is -2.02. The van der Waals surface area contributed by atoms with Crippen molar-refractivity contribution in [2.75, 3.05) is 13.1 Å². The van der Waals surface area contributed by atoms with E-state index in [-0.39, 0.29) is 5.75 Å². The first kappa shape index (κ1) is 9.33. The standard InChI is InChI=1S/C10H14O.C8H10O.C2H6O/c1-3-9-5-7-10(8-6-9)11-4-2;1-2-7-3-5-8(9)6-4-7;1-2-3/h5-8H,3-4H2,1-2H3;3-6,9H,2H2,1H3;3H,2H2,1H3/i2D3,4D2;;1D3,2D2. The molecule has 0 aromatic heterocycles. The molecule has 0 radical (unpaired) electrons. The summed E-state index contributed by atoms with van der Waals surface area (Å²) in [6, 6.07) is 14.0. The topological polar surface area (TPSA) is 49.7 Å². The quantitative estimate of drug-likeness (QED) is 0.862. The van der Waals surface area contributed by atoms with Crippen molar-refractivity contribution < 1.29 is 28.7 Å². The molecule has 3 nitrogen and oxygen atoms in total. The number of phenolic OH excluding ortho intramolecular Hbond substituents is 1. The van der Waals surface area contributed by atoms with E-state index in [1.54, 1.807) is 36.4 Å². The Morgan fingerprint density at radius 3 is 1.78 bits per heavy atom. The van der Waals surface area contributed by atoms with Crippen molar-refractivity contribution in [3.63, 3.8) is 0 Å². The number of benzene rings is 2. The van der Waals surface area contributed by atoms with Crippen molar-refractivity contribution in [2.24, 2.45) is 0 Å². The van der Waals surface area contributed by atoms with Crippen LogP contribution in [-0.4, -0.2) is 23.3 Å². The summed E-state index contributed by atoms with van der Waals surface area (Å²) in [7, 11) is 0. The van der Waals surface area contributed by atoms with Crippen LogP contribution >= 0.6 is 0 Å². The summed E-state index contributed by atoms with van der Waals surface area (Å²) >= 11 is 0. The van der Waals surface area contributed by atoms with E-state index in [0.29, 0.717) is 5.75 Å². The van der Waals surface area contributed by atoms with Gasteiger partial charge in [0, 0.05) is 14.8 Å². The Labute approximate surface area is 154 Å². The van der Waals surface area contributed by atoms with E-state index in [4.69, 9.17) is 28.7 Å². The molecule has 2 N–H and O–H groups in total. The van der Waals surface area contributed by atoms with Gasteiger partial charge in [-0.3, -0.25) is 0 Å². The lowest BCUT2D eigenvalue weighted by atomic mass is 10.2. The molecule has 0 saturated carbocycles. The van der Waals surface area contributed by atoms with E-state index in [2.05, 4.69) is 6.92 Å². The zero-order valence-corrected chi connectivity index (χ0v) is 13.3. The third kappa shape index (κ3) is 10.4. The largest absolute Gasteiger partial charge is 0.508 e. The monoisotopic (exact) mass is 328 g/mol. The highest BCUT2D eigenvalue weighted by Gasteiger charge is 1.90. The maximum absolute atomic E-state index is 8.85. The van der Waals surface area contributed by atoms with Crippen LogP contribution in [0, 0.1) is 0 Å². The average molecular weight is 329 g/mol. The van der Waals surface area contributed by atoms with Gasteiger partial charge in [0.25, 0.3) is 0 Å². The Morgan fingerprint density at radius 1 is 0.913 bits per heavy atom. The van der Waals surface area contributed by atoms with E-state index in [9.17, 15) is 0 Å². The molecule has 2 aromatic rings. The molecule has 3 heteroatoms. The summed E-state index contributed by atoms with van der Waals surface area (Å²) in [5, 5.41) is 17.0. The van der Waals surface area contributed by atoms with Gasteiger partial charge in [-0.25, -0.2) is 0 Å². The molecule has 0 heterocycles. The minimum absolute atomic E-state index is 0.221. The third-order valence-electron chi connectivity index (χ3n) is 2.85. The average Bonchev–Trinajstić information content (AvgIpc) is 2.67. The fourth-order valence-electron chi connectivity index (χ4n) is 1.58. The fraction of sp³-hybridized carbons (Fsp3) is 0.400. The lowest BCUT2D eigenvalue weighted by molar-refractivity contribution is 0.318. The van der Waals surface area contributed by atoms with Crippen LogP contribution < -0.4 is 4.74 Å². The molecule has 0 fully saturated rings. The van der Waals surface area contributed by atoms with Gasteiger partial charge in [-0.15, -0.1) is 0 Å². The number of aromatic hydroxyl groups is 1. The molecule has 128 valence electrons. The summed E-state index contributed by atoms with van der Waals surface area (Å²) < 4.78 is 71.8. The van der Waals surface area contributed by atoms with E-state index < -0.39 is 26.8 Å². The normalized spacial score (nSPS) is 17.9. The molecule has 0 atom stereocenters. The SMILES string of the molecule is CCc1ccc(O)cc1.[2H]C([2H])([2H])C([2H])([2H])O.[2H]C([2H])([2H])C([2H])([2H])Oc1ccc(CC)cc1. The summed E-state index contributed by atoms with van der Waals surface area (Å²) in [6.45, 7) is -7.36. The Morgan fingerprint density at radius 2 is 1.39 bits per heavy atom. The van der Waals surface area contributed by atoms with Crippen molar-refractivity contribution >= 4 is 0 Å². The van der Waals surface area contributed by atoms with Crippen LogP contribution in [-0.2, 0) is 12.8 Å². The minimum Gasteiger partial charge on any atom is -0.508 e. The van der Waals surface area contributed by atoms with E-state index in [1.165, 1.54) is 5.56 Å². The number of phenols is 1. The zero-order valence-electron chi connectivity index (χ0n) is 23.3. The van der Waals surface area contributed by atoms with Crippen LogP contribution in [0.2, 0.25) is 0 Å². The molecule has 0 spiro atoms. The Bertz CT molecular complexity index is 796. The second kappa shape index (κ2) is 13.6. The van der Waals surface area contributed by atoms with Crippen LogP contribution in [0.4, 0.5) is 0 Å². The summed E-state index contributed by atoms with van der Waals surface area (Å²) in [5.74, 6) is 0.561. The molecular formula is C20H30O3. The highest BCUT2D eigenvalue weighted by atomic mass is 16.5. The van der Waals surface area contributed by atoms with Gasteiger partial charge < -0.3 is 14.9 Å². The number of aliphatic hydroxyl groups is 1. The number of rotatable bonds is 4. The maximum Gasteiger partial charge on any atom is 0.119 e. The Kier molecular flexibility index (Phi) is 5.54. The number of ether oxygens (including phenoxy) is 1. The van der Waals surface area contributed by atoms with Gasteiger partial charge in [0.1, 0.15) is 11.5 Å². The summed E-state index contributed by atoms with van der Waals surface area (Å²) in [6.07, 6.45) is 1.90. The van der Waals surface area contributed by atoms with Gasteiger partial charge in [0.2, 0.25) is 0 Å². The van der Waals surface area contributed by atoms with Crippen LogP contribution in [0.3, 0.4) is 0 Å². The van der Waals surface area contributed by atoms with Gasteiger partial charge in [-0.05, 0) is 61.9 Å². The molecule has 0 bridgehead atoms. The van der Waals surface area contributed by atoms with Crippen LogP contribution in [0.1, 0.15) is 52.4 Å². The fourth-order valence-corrected chi connectivity index (χ4v) is 1.58. The molecular weight excluding hydrogens is 288 g/mol. The number of hydrogen-bond acceptors (Lipinski definition) is 3. The summed E-state index contributed by atoms with van der Waals surface area (Å²) in [4.78, 5) is 0. The van der Waals surface area contributed by atoms with Gasteiger partial charge in [0.05, 0.1) is 12.0 Å². The van der Waals surface area contributed by atoms with Crippen molar-refractivity contribution in [1.82, 2.24) is 0 Å². The third-order valence-corrected chi connectivity index (χ3v) is 2.85. The van der Waals surface area contributed by atoms with Crippen LogP contribution in [0.25, 0.3) is 0 Å². The zero-order chi connectivity index (χ0) is 26.1. The summed E-state index contributed by atoms with van der Waals surface area (Å²) in [5.41, 5.74) is 2.34. The smallest absolute Gasteiger partial charge is 0.119 e. The molecule has 0 aliphatic carbocycles. The predicted molar refractivity (Wildman–Crippen MR) is 97.2 cm³/mol. The van der Waals surface area contributed by atoms with E-state index in [0.717, 1.165) is 18.4 Å². The van der Waals surface area contributed by atoms with Gasteiger partial charge >= 0.3 is 0 Å². The maximum atomic E-state index is 8.85. The van der Waals surface area contributed by atoms with E-state index in [1.807, 2.05) is 19.1 Å². The first-order chi connectivity index (χ1) is 14.8. The molecule has 0 unspecified atom stereocenters. The molecule has 0 amide bonds. The van der Waals surface area contributed by atoms with Crippen molar-refractivity contribution in [3.8, 4) is 11.5 Å². The van der Waals surface area contributed by atoms with Crippen LogP contribution in [0.15, 0.2) is 48.5 Å². The molecule has 23 heavy (non-hydrogen) atoms. The van der Waals surface area contributed by atoms with Gasteiger partial charge in [-0.2, -0.15) is 0 Å². The number of aryl methyl sites for hydroxylation is 2. The van der Waals surface area contributed by atoms with Crippen molar-refractivity contribution in [3.05, 3.63) is 59.7 Å². The minimum atomic E-state index is -3.06. The second-order valence-electron chi connectivity index (χ2n) is 4.33. The first-order valence-corrected chi connectivity index (χ1v) is 7.12. The number of hydrogen-bond donors (Lipinski definition) is 2. The molecule has 2 rings (SSSR count). The highest BCUT2D eigenvalue weighted by Crippen LogP contribution is 2.12. The lowest BCUT2D eigenvalue weighted by Crippen LogP contribution is -1.90. The van der Waals surface area contributed by atoms with E-state index >= 15 is 0 Å². The molecule has 2 aromatic carbocycles. The molecule has 0 aliphatic heterocycles. The van der Waals surface area contributed by atoms with Crippen molar-refractivity contribution in [1.29, 1.82) is 0 Å². The Balaban J connectivity index is 0.000000511. The predicted octanol–water partition coefficient (Wildman–Crippen LogP) is 4.60. The first-order valence-electron chi connectivity index (χ1n) is 12.1. The second-order valence-corrected chi connectivity index (χ2v) is 4.33. The highest BCUT2D eigenvalue weighted by molar-refractivity contribution is 5.27.